The van der Waals surface area contributed by atoms with Gasteiger partial charge in [0, 0.05) is 17.6 Å². The van der Waals surface area contributed by atoms with Crippen LogP contribution >= 0.6 is 0 Å². The van der Waals surface area contributed by atoms with Gasteiger partial charge in [0.15, 0.2) is 9.84 Å². The largest absolute Gasteiger partial charge is 0.466 e. The van der Waals surface area contributed by atoms with Gasteiger partial charge < -0.3 is 9.30 Å². The van der Waals surface area contributed by atoms with Crippen LogP contribution in [-0.4, -0.2) is 31.8 Å². The van der Waals surface area contributed by atoms with E-state index in [1.165, 1.54) is 12.1 Å². The minimum atomic E-state index is -3.29. The normalized spacial score (nSPS) is 11.4. The number of hydrogen-bond donors (Lipinski definition) is 0. The van der Waals surface area contributed by atoms with Gasteiger partial charge in [-0.3, -0.25) is 4.79 Å². The number of aryl methyl sites for hydroxylation is 1. The SMILES string of the molecule is CCOC(=O)CCc1ccc(-c2ccc(S(C)(=O)=O)cc2)n1-c1ccc(F)cc1. The predicted octanol–water partition coefficient (Wildman–Crippen LogP) is 4.18. The topological polar surface area (TPSA) is 65.4 Å². The fourth-order valence-corrected chi connectivity index (χ4v) is 3.76. The number of nitrogens with zero attached hydrogens (tertiary/aromatic N) is 1. The fraction of sp³-hybridized carbons (Fsp3) is 0.227. The molecule has 3 aromatic rings. The molecule has 1 aromatic heterocycles. The van der Waals surface area contributed by atoms with E-state index in [1.807, 2.05) is 16.7 Å². The molecule has 0 N–H and O–H groups in total. The third kappa shape index (κ3) is 4.92. The molecule has 0 unspecified atom stereocenters. The maximum atomic E-state index is 13.4. The first-order valence-electron chi connectivity index (χ1n) is 9.22. The van der Waals surface area contributed by atoms with Crippen LogP contribution in [0.3, 0.4) is 0 Å². The third-order valence-electron chi connectivity index (χ3n) is 4.52. The van der Waals surface area contributed by atoms with Crippen LogP contribution in [0.25, 0.3) is 16.9 Å². The lowest BCUT2D eigenvalue weighted by Crippen LogP contribution is -2.08. The Balaban J connectivity index is 2.02. The lowest BCUT2D eigenvalue weighted by atomic mass is 10.1. The molecule has 0 bridgehead atoms. The molecule has 0 spiro atoms. The summed E-state index contributed by atoms with van der Waals surface area (Å²) in [6.45, 7) is 2.09. The summed E-state index contributed by atoms with van der Waals surface area (Å²) in [5.41, 5.74) is 3.24. The van der Waals surface area contributed by atoms with Crippen LogP contribution in [0.2, 0.25) is 0 Å². The van der Waals surface area contributed by atoms with Crippen LogP contribution < -0.4 is 0 Å². The molecule has 0 radical (unpaired) electrons. The van der Waals surface area contributed by atoms with Gasteiger partial charge in [-0.15, -0.1) is 0 Å². The molecule has 0 aliphatic rings. The molecule has 1 heterocycles. The number of sulfone groups is 1. The number of aromatic nitrogens is 1. The minimum Gasteiger partial charge on any atom is -0.466 e. The van der Waals surface area contributed by atoms with Crippen LogP contribution in [-0.2, 0) is 25.8 Å². The Morgan fingerprint density at radius 2 is 1.66 bits per heavy atom. The third-order valence-corrected chi connectivity index (χ3v) is 5.64. The highest BCUT2D eigenvalue weighted by atomic mass is 32.2. The van der Waals surface area contributed by atoms with Crippen molar-refractivity contribution < 1.29 is 22.3 Å². The van der Waals surface area contributed by atoms with E-state index in [9.17, 15) is 17.6 Å². The molecule has 0 fully saturated rings. The van der Waals surface area contributed by atoms with E-state index in [-0.39, 0.29) is 23.1 Å². The summed E-state index contributed by atoms with van der Waals surface area (Å²) in [4.78, 5) is 12.0. The lowest BCUT2D eigenvalue weighted by Gasteiger charge is -2.14. The van der Waals surface area contributed by atoms with Crippen molar-refractivity contribution in [2.45, 2.75) is 24.7 Å². The molecule has 0 aliphatic carbocycles. The van der Waals surface area contributed by atoms with E-state index in [2.05, 4.69) is 0 Å². The molecule has 29 heavy (non-hydrogen) atoms. The van der Waals surface area contributed by atoms with Crippen molar-refractivity contribution in [1.29, 1.82) is 0 Å². The Kier molecular flexibility index (Phi) is 6.17. The summed E-state index contributed by atoms with van der Waals surface area (Å²) < 4.78 is 43.8. The van der Waals surface area contributed by atoms with E-state index >= 15 is 0 Å². The van der Waals surface area contributed by atoms with Crippen molar-refractivity contribution in [3.8, 4) is 16.9 Å². The molecular formula is C22H22FNO4S. The van der Waals surface area contributed by atoms with Gasteiger partial charge in [0.1, 0.15) is 5.82 Å². The maximum absolute atomic E-state index is 13.4. The number of hydrogen-bond acceptors (Lipinski definition) is 4. The number of rotatable bonds is 7. The first-order valence-corrected chi connectivity index (χ1v) is 11.1. The molecular weight excluding hydrogens is 393 g/mol. The highest BCUT2D eigenvalue weighted by molar-refractivity contribution is 7.90. The number of carbonyl (C=O) groups is 1. The van der Waals surface area contributed by atoms with E-state index in [4.69, 9.17) is 4.74 Å². The first kappa shape index (κ1) is 20.8. The number of carbonyl (C=O) groups excluding carboxylic acids is 1. The molecule has 7 heteroatoms. The molecule has 2 aromatic carbocycles. The molecule has 0 aliphatic heterocycles. The Labute approximate surface area is 169 Å². The second-order valence-electron chi connectivity index (χ2n) is 6.62. The summed E-state index contributed by atoms with van der Waals surface area (Å²) in [6, 6.07) is 16.5. The highest BCUT2D eigenvalue weighted by Crippen LogP contribution is 2.28. The average molecular weight is 415 g/mol. The Morgan fingerprint density at radius 1 is 1.00 bits per heavy atom. The number of benzene rings is 2. The second kappa shape index (κ2) is 8.61. The van der Waals surface area contributed by atoms with Gasteiger partial charge in [-0.05, 0) is 67.4 Å². The van der Waals surface area contributed by atoms with Crippen LogP contribution in [0.1, 0.15) is 19.0 Å². The Morgan fingerprint density at radius 3 is 2.24 bits per heavy atom. The second-order valence-corrected chi connectivity index (χ2v) is 8.64. The van der Waals surface area contributed by atoms with Crippen LogP contribution in [0.5, 0.6) is 0 Å². The van der Waals surface area contributed by atoms with Gasteiger partial charge in [0.05, 0.1) is 23.6 Å². The molecule has 0 saturated carbocycles. The zero-order chi connectivity index (χ0) is 21.0. The van der Waals surface area contributed by atoms with Crippen molar-refractivity contribution >= 4 is 15.8 Å². The first-order chi connectivity index (χ1) is 13.8. The molecule has 0 atom stereocenters. The van der Waals surface area contributed by atoms with Crippen molar-refractivity contribution in [3.63, 3.8) is 0 Å². The van der Waals surface area contributed by atoms with E-state index in [0.29, 0.717) is 13.0 Å². The number of esters is 1. The summed E-state index contributed by atoms with van der Waals surface area (Å²) >= 11 is 0. The predicted molar refractivity (Wildman–Crippen MR) is 109 cm³/mol. The molecule has 3 rings (SSSR count). The van der Waals surface area contributed by atoms with E-state index < -0.39 is 9.84 Å². The van der Waals surface area contributed by atoms with Crippen LogP contribution in [0.15, 0.2) is 65.6 Å². The van der Waals surface area contributed by atoms with Gasteiger partial charge >= 0.3 is 5.97 Å². The molecule has 5 nitrogen and oxygen atoms in total. The van der Waals surface area contributed by atoms with Gasteiger partial charge in [0.2, 0.25) is 0 Å². The molecule has 0 amide bonds. The average Bonchev–Trinajstić information content (AvgIpc) is 3.10. The summed E-state index contributed by atoms with van der Waals surface area (Å²) in [5.74, 6) is -0.619. The van der Waals surface area contributed by atoms with Gasteiger partial charge in [0.25, 0.3) is 0 Å². The monoisotopic (exact) mass is 415 g/mol. The van der Waals surface area contributed by atoms with E-state index in [1.54, 1.807) is 43.3 Å². The fourth-order valence-electron chi connectivity index (χ4n) is 3.13. The van der Waals surface area contributed by atoms with Crippen LogP contribution in [0.4, 0.5) is 4.39 Å². The molecule has 0 saturated heterocycles. The van der Waals surface area contributed by atoms with Gasteiger partial charge in [-0.1, -0.05) is 12.1 Å². The summed E-state index contributed by atoms with van der Waals surface area (Å²) in [7, 11) is -3.29. The summed E-state index contributed by atoms with van der Waals surface area (Å²) in [6.07, 6.45) is 1.85. The van der Waals surface area contributed by atoms with Gasteiger partial charge in [-0.25, -0.2) is 12.8 Å². The smallest absolute Gasteiger partial charge is 0.306 e. The Hall–Kier alpha value is -2.93. The van der Waals surface area contributed by atoms with Crippen molar-refractivity contribution in [2.24, 2.45) is 0 Å². The Bertz CT molecular complexity index is 1100. The summed E-state index contributed by atoms with van der Waals surface area (Å²) in [5, 5.41) is 0. The van der Waals surface area contributed by atoms with Crippen molar-refractivity contribution in [2.75, 3.05) is 12.9 Å². The van der Waals surface area contributed by atoms with Gasteiger partial charge in [-0.2, -0.15) is 0 Å². The zero-order valence-corrected chi connectivity index (χ0v) is 17.1. The lowest BCUT2D eigenvalue weighted by molar-refractivity contribution is -0.143. The highest BCUT2D eigenvalue weighted by Gasteiger charge is 2.15. The van der Waals surface area contributed by atoms with Crippen LogP contribution in [0, 0.1) is 5.82 Å². The van der Waals surface area contributed by atoms with Crippen molar-refractivity contribution in [1.82, 2.24) is 4.57 Å². The zero-order valence-electron chi connectivity index (χ0n) is 16.3. The standard InChI is InChI=1S/C22H22FNO4S/c1-3-28-22(25)15-11-19-10-14-21(24(19)18-8-6-17(23)7-9-18)16-4-12-20(13-5-16)29(2,26)27/h4-10,12-14H,3,11,15H2,1-2H3. The number of ether oxygens (including phenoxy) is 1. The quantitative estimate of drug-likeness (QED) is 0.543. The number of halogens is 1. The van der Waals surface area contributed by atoms with Crippen molar-refractivity contribution in [3.05, 3.63) is 72.2 Å². The minimum absolute atomic E-state index is 0.228. The molecule has 152 valence electrons. The maximum Gasteiger partial charge on any atom is 0.306 e. The van der Waals surface area contributed by atoms with E-state index in [0.717, 1.165) is 28.9 Å².